The highest BCUT2D eigenvalue weighted by Gasteiger charge is 2.28. The second-order valence-electron chi connectivity index (χ2n) is 16.6. The third kappa shape index (κ3) is 7.32. The van der Waals surface area contributed by atoms with Crippen molar-refractivity contribution in [3.8, 4) is 0 Å². The molecule has 0 unspecified atom stereocenters. The lowest BCUT2D eigenvalue weighted by atomic mass is 9.86. The maximum Gasteiger partial charge on any atom is 0.0887 e. The van der Waals surface area contributed by atoms with Crippen LogP contribution in [0.4, 0.5) is 51.2 Å². The van der Waals surface area contributed by atoms with Gasteiger partial charge in [-0.15, -0.1) is 0 Å². The summed E-state index contributed by atoms with van der Waals surface area (Å²) in [6, 6.07) is 59.1. The molecule has 1 heterocycles. The molecule has 0 saturated heterocycles. The van der Waals surface area contributed by atoms with Crippen LogP contribution in [0.25, 0.3) is 0 Å². The number of hydrogen-bond acceptors (Lipinski definition) is 4. The first kappa shape index (κ1) is 37.5. The summed E-state index contributed by atoms with van der Waals surface area (Å²) in [5.74, 6) is 0. The van der Waals surface area contributed by atoms with Crippen molar-refractivity contribution >= 4 is 74.5 Å². The van der Waals surface area contributed by atoms with E-state index < -0.39 is 0 Å². The maximum atomic E-state index is 7.87. The summed E-state index contributed by atoms with van der Waals surface area (Å²) in [4.78, 5) is 9.29. The molecule has 0 amide bonds. The Morgan fingerprint density at radius 3 is 1.46 bits per heavy atom. The Bertz CT molecular complexity index is 2440. The second-order valence-corrected chi connectivity index (χ2v) is 18.1. The molecule has 56 heavy (non-hydrogen) atoms. The minimum absolute atomic E-state index is 0.0332. The number of hydrogen-bond donors (Lipinski definition) is 0. The highest BCUT2D eigenvalue weighted by atomic mass is 35.5. The van der Waals surface area contributed by atoms with Crippen LogP contribution in [-0.4, -0.2) is 0 Å². The minimum atomic E-state index is 0.0332. The van der Waals surface area contributed by atoms with E-state index in [0.29, 0.717) is 5.02 Å². The first-order chi connectivity index (χ1) is 26.9. The molecule has 7 aromatic carbocycles. The molecule has 0 N–H and O–H groups in total. The topological polar surface area (TPSA) is 9.72 Å². The fourth-order valence-corrected chi connectivity index (χ4v) is 8.80. The average molecular weight is 770 g/mol. The van der Waals surface area contributed by atoms with E-state index in [1.807, 2.05) is 0 Å². The smallest absolute Gasteiger partial charge is 0.0887 e. The van der Waals surface area contributed by atoms with Crippen molar-refractivity contribution in [1.29, 1.82) is 0 Å². The van der Waals surface area contributed by atoms with Crippen LogP contribution in [0.15, 0.2) is 174 Å². The standard InChI is InChI=1S/C51H48ClN3S/c1-35-32-45(53(39-28-24-36(25-29-39)50(2,3)4)40-30-26-37(27-31-40)51(5,6)7)49(52)46(33-35)55-42-19-15-18-41(34-42)54(38-16-9-8-10-17-38)43-20-11-13-22-47(43)56-48-23-14-12-21-44(48)55/h8-34H,1-7H3. The summed E-state index contributed by atoms with van der Waals surface area (Å²) in [6.07, 6.45) is 0. The first-order valence-electron chi connectivity index (χ1n) is 19.3. The van der Waals surface area contributed by atoms with Gasteiger partial charge < -0.3 is 14.7 Å². The van der Waals surface area contributed by atoms with Crippen LogP contribution >= 0.6 is 23.4 Å². The summed E-state index contributed by atoms with van der Waals surface area (Å²) in [7, 11) is 0. The lowest BCUT2D eigenvalue weighted by molar-refractivity contribution is 0.590. The number of halogens is 1. The van der Waals surface area contributed by atoms with Crippen LogP contribution in [0.3, 0.4) is 0 Å². The Morgan fingerprint density at radius 1 is 0.464 bits per heavy atom. The van der Waals surface area contributed by atoms with Gasteiger partial charge in [0, 0.05) is 38.2 Å². The maximum absolute atomic E-state index is 7.87. The van der Waals surface area contributed by atoms with Gasteiger partial charge in [-0.05, 0) is 125 Å². The lowest BCUT2D eigenvalue weighted by Gasteiger charge is -2.34. The molecule has 0 spiro atoms. The number of nitrogens with zero attached hydrogens (tertiary/aromatic N) is 3. The van der Waals surface area contributed by atoms with Gasteiger partial charge >= 0.3 is 0 Å². The van der Waals surface area contributed by atoms with E-state index in [9.17, 15) is 0 Å². The Kier molecular flexibility index (Phi) is 9.99. The fraction of sp³-hybridized carbons (Fsp3) is 0.176. The second kappa shape index (κ2) is 14.9. The van der Waals surface area contributed by atoms with Gasteiger partial charge in [-0.25, -0.2) is 0 Å². The Morgan fingerprint density at radius 2 is 0.929 bits per heavy atom. The van der Waals surface area contributed by atoms with E-state index in [0.717, 1.165) is 66.5 Å². The average Bonchev–Trinajstić information content (AvgIpc) is 3.18. The summed E-state index contributed by atoms with van der Waals surface area (Å²) in [5.41, 5.74) is 13.0. The van der Waals surface area contributed by atoms with Crippen molar-refractivity contribution < 1.29 is 0 Å². The van der Waals surface area contributed by atoms with Crippen molar-refractivity contribution in [3.63, 3.8) is 0 Å². The first-order valence-corrected chi connectivity index (χ1v) is 20.5. The molecule has 0 aliphatic carbocycles. The Hall–Kier alpha value is -5.42. The molecule has 8 rings (SSSR count). The van der Waals surface area contributed by atoms with Gasteiger partial charge in [-0.2, -0.15) is 0 Å². The molecule has 3 nitrogen and oxygen atoms in total. The number of fused-ring (bicyclic) bond motifs is 4. The summed E-state index contributed by atoms with van der Waals surface area (Å²) < 4.78 is 0. The molecule has 5 heteroatoms. The molecule has 0 radical (unpaired) electrons. The van der Waals surface area contributed by atoms with E-state index >= 15 is 0 Å². The van der Waals surface area contributed by atoms with E-state index in [-0.39, 0.29) is 10.8 Å². The molecule has 0 fully saturated rings. The third-order valence-electron chi connectivity index (χ3n) is 10.4. The van der Waals surface area contributed by atoms with Crippen molar-refractivity contribution in [2.45, 2.75) is 69.1 Å². The molecular formula is C51H48ClN3S. The number of para-hydroxylation sites is 3. The highest BCUT2D eigenvalue weighted by Crippen LogP contribution is 2.53. The number of anilines is 9. The van der Waals surface area contributed by atoms with Gasteiger partial charge in [-0.1, -0.05) is 138 Å². The SMILES string of the molecule is Cc1cc(N(c2ccc(C(C)(C)C)cc2)c2ccc(C(C)(C)C)cc2)c(Cl)c(N2c3cccc(c3)N(c3ccccc3)c3ccccc3Sc3ccccc32)c1. The minimum Gasteiger partial charge on any atom is -0.309 e. The van der Waals surface area contributed by atoms with Crippen molar-refractivity contribution in [1.82, 2.24) is 0 Å². The predicted octanol–water partition coefficient (Wildman–Crippen LogP) is 16.1. The Balaban J connectivity index is 1.36. The van der Waals surface area contributed by atoms with E-state index in [2.05, 4.69) is 227 Å². The predicted molar refractivity (Wildman–Crippen MR) is 242 cm³/mol. The molecule has 7 aromatic rings. The molecule has 1 aliphatic heterocycles. The van der Waals surface area contributed by atoms with Crippen molar-refractivity contribution in [2.75, 3.05) is 14.7 Å². The molecular weight excluding hydrogens is 722 g/mol. The van der Waals surface area contributed by atoms with Crippen molar-refractivity contribution in [2.24, 2.45) is 0 Å². The monoisotopic (exact) mass is 769 g/mol. The van der Waals surface area contributed by atoms with Crippen LogP contribution in [-0.2, 0) is 10.8 Å². The zero-order valence-electron chi connectivity index (χ0n) is 33.2. The number of aryl methyl sites for hydroxylation is 1. The largest absolute Gasteiger partial charge is 0.309 e. The zero-order chi connectivity index (χ0) is 39.2. The normalized spacial score (nSPS) is 12.9. The molecule has 280 valence electrons. The van der Waals surface area contributed by atoms with Gasteiger partial charge in [0.05, 0.1) is 27.8 Å². The molecule has 1 aliphatic rings. The van der Waals surface area contributed by atoms with Crippen LogP contribution in [0.2, 0.25) is 5.02 Å². The van der Waals surface area contributed by atoms with Gasteiger partial charge in [0.2, 0.25) is 0 Å². The molecule has 0 aromatic heterocycles. The summed E-state index contributed by atoms with van der Waals surface area (Å²) in [6.45, 7) is 15.7. The third-order valence-corrected chi connectivity index (χ3v) is 12.0. The quantitative estimate of drug-likeness (QED) is 0.172. The van der Waals surface area contributed by atoms with Gasteiger partial charge in [0.15, 0.2) is 0 Å². The molecule has 0 atom stereocenters. The van der Waals surface area contributed by atoms with E-state index in [4.69, 9.17) is 11.6 Å². The van der Waals surface area contributed by atoms with Crippen molar-refractivity contribution in [3.05, 3.63) is 186 Å². The van der Waals surface area contributed by atoms with Crippen LogP contribution in [0.1, 0.15) is 58.2 Å². The zero-order valence-corrected chi connectivity index (χ0v) is 34.8. The van der Waals surface area contributed by atoms with Crippen LogP contribution < -0.4 is 14.7 Å². The van der Waals surface area contributed by atoms with Gasteiger partial charge in [-0.3, -0.25) is 0 Å². The Labute approximate surface area is 342 Å². The van der Waals surface area contributed by atoms with E-state index in [1.165, 1.54) is 11.1 Å². The van der Waals surface area contributed by atoms with Crippen LogP contribution in [0, 0.1) is 6.92 Å². The van der Waals surface area contributed by atoms with E-state index in [1.54, 1.807) is 11.8 Å². The highest BCUT2D eigenvalue weighted by molar-refractivity contribution is 7.99. The summed E-state index contributed by atoms with van der Waals surface area (Å²) >= 11 is 9.65. The van der Waals surface area contributed by atoms with Gasteiger partial charge in [0.1, 0.15) is 0 Å². The summed E-state index contributed by atoms with van der Waals surface area (Å²) in [5, 5.41) is 0.665. The number of benzene rings is 7. The van der Waals surface area contributed by atoms with Gasteiger partial charge in [0.25, 0.3) is 0 Å². The fourth-order valence-electron chi connectivity index (χ4n) is 7.46. The molecule has 0 saturated carbocycles. The molecule has 2 bridgehead atoms. The number of rotatable bonds is 5. The van der Waals surface area contributed by atoms with Crippen LogP contribution in [0.5, 0.6) is 0 Å². The lowest BCUT2D eigenvalue weighted by Crippen LogP contribution is -2.17.